The highest BCUT2D eigenvalue weighted by atomic mass is 79.9. The van der Waals surface area contributed by atoms with E-state index in [2.05, 4.69) is 15.9 Å². The lowest BCUT2D eigenvalue weighted by Crippen LogP contribution is -2.15. The van der Waals surface area contributed by atoms with E-state index >= 15 is 0 Å². The van der Waals surface area contributed by atoms with Crippen LogP contribution in [0.15, 0.2) is 16.6 Å². The highest BCUT2D eigenvalue weighted by Crippen LogP contribution is 2.37. The van der Waals surface area contributed by atoms with E-state index in [9.17, 15) is 10.1 Å². The van der Waals surface area contributed by atoms with Crippen LogP contribution in [0.5, 0.6) is 11.5 Å². The molecule has 7 nitrogen and oxygen atoms in total. The summed E-state index contributed by atoms with van der Waals surface area (Å²) in [5.41, 5.74) is -0.0726. The first-order valence-electron chi connectivity index (χ1n) is 6.07. The minimum atomic E-state index is -0.483. The van der Waals surface area contributed by atoms with E-state index in [0.29, 0.717) is 49.0 Å². The van der Waals surface area contributed by atoms with Crippen LogP contribution in [-0.2, 0) is 9.47 Å². The zero-order chi connectivity index (χ0) is 14.4. The third kappa shape index (κ3) is 4.06. The van der Waals surface area contributed by atoms with Crippen LogP contribution in [0.4, 0.5) is 5.69 Å². The smallest absolute Gasteiger partial charge is 0.287 e. The second-order valence-electron chi connectivity index (χ2n) is 3.93. The summed E-state index contributed by atoms with van der Waals surface area (Å²) in [5, 5.41) is 10.9. The largest absolute Gasteiger partial charge is 0.487 e. The number of hydrogen-bond donors (Lipinski definition) is 0. The fourth-order valence-electron chi connectivity index (χ4n) is 1.63. The minimum absolute atomic E-state index is 0.0726. The van der Waals surface area contributed by atoms with Gasteiger partial charge in [0.1, 0.15) is 13.2 Å². The Bertz CT molecular complexity index is 481. The van der Waals surface area contributed by atoms with Gasteiger partial charge in [0.25, 0.3) is 5.69 Å². The number of nitro groups is 1. The molecule has 0 unspecified atom stereocenters. The minimum Gasteiger partial charge on any atom is -0.487 e. The highest BCUT2D eigenvalue weighted by Gasteiger charge is 2.18. The summed E-state index contributed by atoms with van der Waals surface area (Å²) in [4.78, 5) is 10.4. The zero-order valence-corrected chi connectivity index (χ0v) is 12.3. The molecular formula is C12H14BrNO6. The lowest BCUT2D eigenvalue weighted by molar-refractivity contribution is -0.385. The van der Waals surface area contributed by atoms with Gasteiger partial charge in [0.05, 0.1) is 41.9 Å². The molecule has 0 bridgehead atoms. The Labute approximate surface area is 124 Å². The molecule has 2 rings (SSSR count). The molecule has 0 aliphatic carbocycles. The summed E-state index contributed by atoms with van der Waals surface area (Å²) in [6.45, 7) is 2.40. The molecule has 0 atom stereocenters. The molecule has 0 N–H and O–H groups in total. The van der Waals surface area contributed by atoms with E-state index in [1.54, 1.807) is 0 Å². The van der Waals surface area contributed by atoms with Crippen molar-refractivity contribution in [1.29, 1.82) is 0 Å². The van der Waals surface area contributed by atoms with Gasteiger partial charge in [-0.05, 0) is 15.9 Å². The van der Waals surface area contributed by atoms with Crippen molar-refractivity contribution in [1.82, 2.24) is 0 Å². The maximum absolute atomic E-state index is 10.9. The molecule has 1 heterocycles. The molecule has 0 spiro atoms. The molecule has 0 saturated carbocycles. The van der Waals surface area contributed by atoms with E-state index in [1.165, 1.54) is 12.1 Å². The number of ether oxygens (including phenoxy) is 4. The molecule has 20 heavy (non-hydrogen) atoms. The Balaban J connectivity index is 2.22. The number of fused-ring (bicyclic) bond motifs is 1. The van der Waals surface area contributed by atoms with Crippen molar-refractivity contribution in [3.63, 3.8) is 0 Å². The predicted molar refractivity (Wildman–Crippen MR) is 73.4 cm³/mol. The molecule has 0 amide bonds. The molecule has 1 aliphatic heterocycles. The van der Waals surface area contributed by atoms with Gasteiger partial charge in [-0.3, -0.25) is 10.1 Å². The Hall–Kier alpha value is -1.38. The average molecular weight is 348 g/mol. The molecule has 8 heteroatoms. The molecule has 0 radical (unpaired) electrons. The van der Waals surface area contributed by atoms with Crippen molar-refractivity contribution in [3.05, 3.63) is 26.7 Å². The fraction of sp³-hybridized carbons (Fsp3) is 0.500. The SMILES string of the molecule is O=[N+]([O-])c1cc2c(cc1Br)OCCOCCOCCO2. The molecule has 110 valence electrons. The fourth-order valence-corrected chi connectivity index (χ4v) is 2.10. The van der Waals surface area contributed by atoms with E-state index in [0.717, 1.165) is 0 Å². The van der Waals surface area contributed by atoms with Crippen molar-refractivity contribution in [2.75, 3.05) is 39.6 Å². The van der Waals surface area contributed by atoms with Crippen LogP contribution in [0.3, 0.4) is 0 Å². The van der Waals surface area contributed by atoms with Gasteiger partial charge in [-0.2, -0.15) is 0 Å². The third-order valence-corrected chi connectivity index (χ3v) is 3.19. The average Bonchev–Trinajstić information content (AvgIpc) is 2.40. The molecule has 0 saturated heterocycles. The van der Waals surface area contributed by atoms with Crippen molar-refractivity contribution >= 4 is 21.6 Å². The summed E-state index contributed by atoms with van der Waals surface area (Å²) >= 11 is 3.15. The molecule has 1 aromatic rings. The molecule has 0 fully saturated rings. The first-order chi connectivity index (χ1) is 9.68. The topological polar surface area (TPSA) is 80.1 Å². The van der Waals surface area contributed by atoms with E-state index < -0.39 is 4.92 Å². The maximum atomic E-state index is 10.9. The van der Waals surface area contributed by atoms with Crippen molar-refractivity contribution in [3.8, 4) is 11.5 Å². The van der Waals surface area contributed by atoms with Gasteiger partial charge in [0.2, 0.25) is 0 Å². The Morgan fingerprint density at radius 3 is 2.00 bits per heavy atom. The van der Waals surface area contributed by atoms with Crippen molar-refractivity contribution in [2.24, 2.45) is 0 Å². The zero-order valence-electron chi connectivity index (χ0n) is 10.7. The summed E-state index contributed by atoms with van der Waals surface area (Å²) in [7, 11) is 0. The Morgan fingerprint density at radius 1 is 0.950 bits per heavy atom. The lowest BCUT2D eigenvalue weighted by Gasteiger charge is -2.15. The van der Waals surface area contributed by atoms with Gasteiger partial charge in [-0.1, -0.05) is 0 Å². The third-order valence-electron chi connectivity index (χ3n) is 2.55. The summed E-state index contributed by atoms with van der Waals surface area (Å²) in [6.07, 6.45) is 0. The van der Waals surface area contributed by atoms with Gasteiger partial charge in [0, 0.05) is 6.07 Å². The van der Waals surface area contributed by atoms with Crippen LogP contribution in [0.25, 0.3) is 0 Å². The lowest BCUT2D eigenvalue weighted by atomic mass is 10.3. The molecule has 0 aromatic heterocycles. The van der Waals surface area contributed by atoms with Gasteiger partial charge < -0.3 is 18.9 Å². The first kappa shape index (κ1) is 15.0. The van der Waals surface area contributed by atoms with Crippen molar-refractivity contribution < 1.29 is 23.9 Å². The molecule has 1 aliphatic rings. The Kier molecular flexibility index (Phi) is 5.57. The van der Waals surface area contributed by atoms with Crippen molar-refractivity contribution in [2.45, 2.75) is 0 Å². The second-order valence-corrected chi connectivity index (χ2v) is 4.78. The highest BCUT2D eigenvalue weighted by molar-refractivity contribution is 9.10. The normalized spacial score (nSPS) is 16.9. The van der Waals surface area contributed by atoms with Gasteiger partial charge in [-0.25, -0.2) is 0 Å². The van der Waals surface area contributed by atoms with Crippen LogP contribution in [-0.4, -0.2) is 44.6 Å². The summed E-state index contributed by atoms with van der Waals surface area (Å²) < 4.78 is 22.0. The Morgan fingerprint density at radius 2 is 1.45 bits per heavy atom. The number of hydrogen-bond acceptors (Lipinski definition) is 6. The van der Waals surface area contributed by atoms with Crippen LogP contribution in [0, 0.1) is 10.1 Å². The number of benzene rings is 1. The standard InChI is InChI=1S/C12H14BrNO6/c13-9-7-11-12(8-10(9)14(15)16)20-6-4-18-2-1-17-3-5-19-11/h7-8H,1-6H2. The van der Waals surface area contributed by atoms with Gasteiger partial charge in [0.15, 0.2) is 11.5 Å². The van der Waals surface area contributed by atoms with E-state index in [1.807, 2.05) is 0 Å². The number of nitrogens with zero attached hydrogens (tertiary/aromatic N) is 1. The number of rotatable bonds is 1. The van der Waals surface area contributed by atoms with Gasteiger partial charge in [-0.15, -0.1) is 0 Å². The summed E-state index contributed by atoms with van der Waals surface area (Å²) in [6, 6.07) is 2.87. The monoisotopic (exact) mass is 347 g/mol. The first-order valence-corrected chi connectivity index (χ1v) is 6.87. The summed E-state index contributed by atoms with van der Waals surface area (Å²) in [5.74, 6) is 0.760. The van der Waals surface area contributed by atoms with Crippen LogP contribution < -0.4 is 9.47 Å². The molecular weight excluding hydrogens is 334 g/mol. The quantitative estimate of drug-likeness (QED) is 0.572. The number of halogens is 1. The van der Waals surface area contributed by atoms with Gasteiger partial charge >= 0.3 is 0 Å². The van der Waals surface area contributed by atoms with Crippen LogP contribution in [0.1, 0.15) is 0 Å². The van der Waals surface area contributed by atoms with Crippen LogP contribution in [0.2, 0.25) is 0 Å². The predicted octanol–water partition coefficient (Wildman–Crippen LogP) is 2.16. The second kappa shape index (κ2) is 7.41. The number of nitro benzene ring substituents is 1. The van der Waals surface area contributed by atoms with E-state index in [4.69, 9.17) is 18.9 Å². The molecule has 1 aromatic carbocycles. The maximum Gasteiger partial charge on any atom is 0.287 e. The van der Waals surface area contributed by atoms with E-state index in [-0.39, 0.29) is 12.3 Å². The van der Waals surface area contributed by atoms with Crippen LogP contribution >= 0.6 is 15.9 Å².